The molecule has 1 fully saturated rings. The van der Waals surface area contributed by atoms with Gasteiger partial charge in [0.15, 0.2) is 0 Å². The Morgan fingerprint density at radius 1 is 1.19 bits per heavy atom. The molecule has 1 unspecified atom stereocenters. The first-order valence-electron chi connectivity index (χ1n) is 15.3. The Hall–Kier alpha value is -3.06. The van der Waals surface area contributed by atoms with Crippen LogP contribution >= 0.6 is 11.6 Å². The number of halogens is 1. The number of nitriles is 1. The summed E-state index contributed by atoms with van der Waals surface area (Å²) in [6.07, 6.45) is 8.70. The maximum Gasteiger partial charge on any atom is 0.264 e. The molecule has 2 aromatic carbocycles. The molecule has 4 aliphatic rings. The summed E-state index contributed by atoms with van der Waals surface area (Å²) in [5, 5.41) is 20.0. The maximum atomic E-state index is 13.4. The number of sulfonamides is 1. The van der Waals surface area contributed by atoms with E-state index in [0.29, 0.717) is 31.9 Å². The SMILES string of the molecule is N#CCCC1CC/C=C/[C@H](O)[C@@H]2CC[C@H]2CN2C[C@@]3(CCCc4cc(Cl)ccc43)COc3ccc(cc32)C(=O)NS1(=O)=O. The van der Waals surface area contributed by atoms with Crippen molar-refractivity contribution >= 4 is 33.2 Å². The maximum absolute atomic E-state index is 13.4. The number of aliphatic hydroxyl groups is 1. The number of benzene rings is 2. The fraction of sp³-hybridized carbons (Fsp3) is 0.515. The number of anilines is 1. The largest absolute Gasteiger partial charge is 0.490 e. The number of ether oxygens (including phenoxy) is 1. The summed E-state index contributed by atoms with van der Waals surface area (Å²) in [6, 6.07) is 13.3. The lowest BCUT2D eigenvalue weighted by molar-refractivity contribution is 0.0456. The summed E-state index contributed by atoms with van der Waals surface area (Å²) >= 11 is 6.38. The third-order valence-electron chi connectivity index (χ3n) is 9.91. The van der Waals surface area contributed by atoms with Crippen molar-refractivity contribution in [1.82, 2.24) is 4.72 Å². The lowest BCUT2D eigenvalue weighted by atomic mass is 9.68. The Kier molecular flexibility index (Phi) is 8.47. The van der Waals surface area contributed by atoms with Gasteiger partial charge in [-0.25, -0.2) is 13.1 Å². The van der Waals surface area contributed by atoms with Crippen molar-refractivity contribution in [3.8, 4) is 11.8 Å². The third kappa shape index (κ3) is 6.02. The van der Waals surface area contributed by atoms with E-state index in [1.54, 1.807) is 24.3 Å². The minimum Gasteiger partial charge on any atom is -0.490 e. The van der Waals surface area contributed by atoms with Crippen molar-refractivity contribution in [1.29, 1.82) is 5.26 Å². The van der Waals surface area contributed by atoms with Gasteiger partial charge in [-0.05, 0) is 105 Å². The van der Waals surface area contributed by atoms with Crippen LogP contribution in [0.2, 0.25) is 5.02 Å². The second-order valence-electron chi connectivity index (χ2n) is 12.6. The van der Waals surface area contributed by atoms with Gasteiger partial charge in [-0.3, -0.25) is 4.79 Å². The zero-order valence-corrected chi connectivity index (χ0v) is 25.7. The predicted molar refractivity (Wildman–Crippen MR) is 166 cm³/mol. The molecular formula is C33H38ClN3O5S. The molecule has 5 atom stereocenters. The Morgan fingerprint density at radius 2 is 2.05 bits per heavy atom. The molecule has 1 amide bonds. The fourth-order valence-electron chi connectivity index (χ4n) is 7.42. The normalized spacial score (nSPS) is 30.8. The first-order valence-corrected chi connectivity index (χ1v) is 17.2. The van der Waals surface area contributed by atoms with E-state index in [0.717, 1.165) is 42.8 Å². The molecular weight excluding hydrogens is 586 g/mol. The zero-order valence-electron chi connectivity index (χ0n) is 24.2. The number of aliphatic hydroxyl groups excluding tert-OH is 1. The summed E-state index contributed by atoms with van der Waals surface area (Å²) < 4.78 is 35.4. The molecule has 43 heavy (non-hydrogen) atoms. The van der Waals surface area contributed by atoms with Gasteiger partial charge < -0.3 is 14.7 Å². The number of nitrogens with zero attached hydrogens (tertiary/aromatic N) is 2. The number of nitrogens with one attached hydrogen (secondary N) is 1. The van der Waals surface area contributed by atoms with Crippen LogP contribution in [-0.4, -0.2) is 50.5 Å². The average molecular weight is 624 g/mol. The number of rotatable bonds is 2. The highest BCUT2D eigenvalue weighted by atomic mass is 35.5. The average Bonchev–Trinajstić information content (AvgIpc) is 3.11. The molecule has 2 heterocycles. The topological polar surface area (TPSA) is 120 Å². The molecule has 2 aromatic rings. The van der Waals surface area contributed by atoms with Crippen molar-refractivity contribution in [3.05, 3.63) is 70.3 Å². The fourth-order valence-corrected chi connectivity index (χ4v) is 9.03. The van der Waals surface area contributed by atoms with Crippen LogP contribution in [0.3, 0.4) is 0 Å². The molecule has 2 aliphatic heterocycles. The van der Waals surface area contributed by atoms with E-state index in [-0.39, 0.29) is 42.1 Å². The Labute approximate surface area is 258 Å². The number of carbonyl (C=O) groups excluding carboxylic acids is 1. The molecule has 1 saturated carbocycles. The minimum absolute atomic E-state index is 0.0675. The predicted octanol–water partition coefficient (Wildman–Crippen LogP) is 5.28. The van der Waals surface area contributed by atoms with Crippen LogP contribution < -0.4 is 14.4 Å². The Morgan fingerprint density at radius 3 is 2.84 bits per heavy atom. The van der Waals surface area contributed by atoms with Gasteiger partial charge in [0.05, 0.1) is 29.7 Å². The number of hydrogen-bond acceptors (Lipinski definition) is 7. The second-order valence-corrected chi connectivity index (χ2v) is 15.0. The van der Waals surface area contributed by atoms with Crippen LogP contribution in [0, 0.1) is 23.2 Å². The zero-order chi connectivity index (χ0) is 30.2. The molecule has 0 aromatic heterocycles. The first-order chi connectivity index (χ1) is 20.7. The van der Waals surface area contributed by atoms with Gasteiger partial charge in [-0.2, -0.15) is 5.26 Å². The van der Waals surface area contributed by atoms with Gasteiger partial charge in [0.25, 0.3) is 5.91 Å². The molecule has 6 rings (SSSR count). The highest BCUT2D eigenvalue weighted by molar-refractivity contribution is 7.90. The quantitative estimate of drug-likeness (QED) is 0.437. The van der Waals surface area contributed by atoms with Crippen LogP contribution in [0.25, 0.3) is 0 Å². The summed E-state index contributed by atoms with van der Waals surface area (Å²) in [4.78, 5) is 15.7. The van der Waals surface area contributed by atoms with E-state index in [1.807, 2.05) is 18.2 Å². The third-order valence-corrected chi connectivity index (χ3v) is 12.0. The van der Waals surface area contributed by atoms with Crippen molar-refractivity contribution in [2.24, 2.45) is 11.8 Å². The number of amides is 1. The lowest BCUT2D eigenvalue weighted by Gasteiger charge is -2.45. The molecule has 2 bridgehead atoms. The highest BCUT2D eigenvalue weighted by Crippen LogP contribution is 2.46. The molecule has 8 nitrogen and oxygen atoms in total. The number of aryl methyl sites for hydroxylation is 1. The van der Waals surface area contributed by atoms with Crippen LogP contribution in [0.1, 0.15) is 72.9 Å². The number of carbonyl (C=O) groups is 1. The van der Waals surface area contributed by atoms with Crippen LogP contribution in [0.5, 0.6) is 5.75 Å². The van der Waals surface area contributed by atoms with Crippen molar-refractivity contribution in [2.75, 3.05) is 24.6 Å². The van der Waals surface area contributed by atoms with E-state index < -0.39 is 27.3 Å². The van der Waals surface area contributed by atoms with Crippen molar-refractivity contribution in [2.45, 2.75) is 74.6 Å². The smallest absolute Gasteiger partial charge is 0.264 e. The Bertz CT molecular complexity index is 1570. The first kappa shape index (κ1) is 30.0. The number of fused-ring (bicyclic) bond motifs is 4. The summed E-state index contributed by atoms with van der Waals surface area (Å²) in [7, 11) is -4.05. The number of hydrogen-bond donors (Lipinski definition) is 2. The van der Waals surface area contributed by atoms with Gasteiger partial charge >= 0.3 is 0 Å². The molecule has 2 N–H and O–H groups in total. The highest BCUT2D eigenvalue weighted by Gasteiger charge is 2.44. The van der Waals surface area contributed by atoms with E-state index >= 15 is 0 Å². The molecule has 0 saturated heterocycles. The van der Waals surface area contributed by atoms with E-state index in [1.165, 1.54) is 11.1 Å². The van der Waals surface area contributed by atoms with E-state index in [4.69, 9.17) is 21.6 Å². The number of allylic oxidation sites excluding steroid dienone is 1. The van der Waals surface area contributed by atoms with E-state index in [9.17, 15) is 18.3 Å². The summed E-state index contributed by atoms with van der Waals surface area (Å²) in [5.74, 6) is 0.308. The van der Waals surface area contributed by atoms with Gasteiger partial charge in [-0.15, -0.1) is 0 Å². The van der Waals surface area contributed by atoms with Gasteiger partial charge in [0, 0.05) is 35.5 Å². The molecule has 228 valence electrons. The van der Waals surface area contributed by atoms with Crippen LogP contribution in [0.15, 0.2) is 48.6 Å². The summed E-state index contributed by atoms with van der Waals surface area (Å²) in [6.45, 7) is 1.84. The molecule has 0 radical (unpaired) electrons. The Balaban J connectivity index is 1.40. The van der Waals surface area contributed by atoms with Crippen molar-refractivity contribution < 1.29 is 23.1 Å². The lowest BCUT2D eigenvalue weighted by Crippen LogP contribution is -2.49. The summed E-state index contributed by atoms with van der Waals surface area (Å²) in [5.41, 5.74) is 3.19. The monoisotopic (exact) mass is 623 g/mol. The molecule has 1 spiro atoms. The van der Waals surface area contributed by atoms with Gasteiger partial charge in [-0.1, -0.05) is 29.8 Å². The van der Waals surface area contributed by atoms with Gasteiger partial charge in [0.1, 0.15) is 5.75 Å². The van der Waals surface area contributed by atoms with Crippen molar-refractivity contribution in [3.63, 3.8) is 0 Å². The van der Waals surface area contributed by atoms with Crippen LogP contribution in [-0.2, 0) is 21.9 Å². The van der Waals surface area contributed by atoms with Gasteiger partial charge in [0.2, 0.25) is 10.0 Å². The molecule has 2 aliphatic carbocycles. The second kappa shape index (κ2) is 12.1. The minimum atomic E-state index is -4.05. The van der Waals surface area contributed by atoms with E-state index in [2.05, 4.69) is 21.8 Å². The molecule has 10 heteroatoms. The van der Waals surface area contributed by atoms with Crippen LogP contribution in [0.4, 0.5) is 5.69 Å². The standard InChI is InChI=1S/C33H38ClN3O5S/c34-25-11-13-28-22(17-25)5-3-15-33(28)20-37-19-24-9-12-27(24)30(38)8-2-1-6-26(7-4-16-35)43(40,41)36-32(39)23-10-14-31(42-21-33)29(37)18-23/h2,8,10-11,13-14,17-18,24,26-27,30,38H,1,3-7,9,12,15,19-21H2,(H,36,39)/b8-2+/t24-,26?,27+,30-,33-/m0/s1.